The highest BCUT2D eigenvalue weighted by molar-refractivity contribution is 6.01. The highest BCUT2D eigenvalue weighted by atomic mass is 16.5. The third-order valence-corrected chi connectivity index (χ3v) is 5.15. The van der Waals surface area contributed by atoms with E-state index in [4.69, 9.17) is 18.9 Å². The summed E-state index contributed by atoms with van der Waals surface area (Å²) in [6.07, 6.45) is 3.51. The van der Waals surface area contributed by atoms with Gasteiger partial charge in [-0.15, -0.1) is 0 Å². The fourth-order valence-electron chi connectivity index (χ4n) is 3.43. The Bertz CT molecular complexity index is 777. The summed E-state index contributed by atoms with van der Waals surface area (Å²) in [6.45, 7) is 5.73. The predicted molar refractivity (Wildman–Crippen MR) is 111 cm³/mol. The van der Waals surface area contributed by atoms with Gasteiger partial charge in [0.1, 0.15) is 18.2 Å². The molecular weight excluding hydrogens is 386 g/mol. The van der Waals surface area contributed by atoms with Crippen LogP contribution in [0, 0.1) is 11.3 Å². The molecule has 8 nitrogen and oxygen atoms in total. The fraction of sp³-hybridized carbons (Fsp3) is 0.545. The second-order valence-electron chi connectivity index (χ2n) is 7.23. The maximum absolute atomic E-state index is 12.4. The van der Waals surface area contributed by atoms with Crippen molar-refractivity contribution in [3.8, 4) is 17.6 Å². The number of hydrogen-bond acceptors (Lipinski definition) is 7. The van der Waals surface area contributed by atoms with Crippen molar-refractivity contribution in [2.24, 2.45) is 0 Å². The summed E-state index contributed by atoms with van der Waals surface area (Å²) in [7, 11) is 1.58. The smallest absolute Gasteiger partial charge is 0.262 e. The van der Waals surface area contributed by atoms with Crippen LogP contribution >= 0.6 is 0 Å². The Morgan fingerprint density at radius 1 is 1.33 bits per heavy atom. The molecule has 0 radical (unpaired) electrons. The summed E-state index contributed by atoms with van der Waals surface area (Å²) in [5.74, 6) is 0.783. The molecule has 1 atom stereocenters. The van der Waals surface area contributed by atoms with Crippen molar-refractivity contribution >= 4 is 12.0 Å². The van der Waals surface area contributed by atoms with Gasteiger partial charge in [-0.05, 0) is 36.6 Å². The Morgan fingerprint density at radius 3 is 2.87 bits per heavy atom. The number of benzene rings is 1. The molecule has 3 rings (SSSR count). The molecule has 2 saturated heterocycles. The van der Waals surface area contributed by atoms with Gasteiger partial charge >= 0.3 is 0 Å². The first-order valence-corrected chi connectivity index (χ1v) is 10.3. The van der Waals surface area contributed by atoms with Crippen molar-refractivity contribution in [3.05, 3.63) is 29.3 Å². The van der Waals surface area contributed by atoms with Crippen molar-refractivity contribution in [1.82, 2.24) is 10.2 Å². The monoisotopic (exact) mass is 415 g/mol. The van der Waals surface area contributed by atoms with Crippen molar-refractivity contribution in [1.29, 1.82) is 5.26 Å². The topological polar surface area (TPSA) is 93.0 Å². The first-order chi connectivity index (χ1) is 14.7. The Balaban J connectivity index is 1.61. The number of nitrogens with one attached hydrogen (secondary N) is 1. The number of nitrogens with zero attached hydrogens (tertiary/aromatic N) is 2. The zero-order valence-electron chi connectivity index (χ0n) is 17.4. The van der Waals surface area contributed by atoms with Crippen LogP contribution in [0.25, 0.3) is 6.08 Å². The molecule has 2 heterocycles. The summed E-state index contributed by atoms with van der Waals surface area (Å²) in [5, 5.41) is 12.2. The Labute approximate surface area is 177 Å². The van der Waals surface area contributed by atoms with Crippen LogP contribution < -0.4 is 14.8 Å². The number of carbonyl (C=O) groups excluding carboxylic acids is 1. The molecule has 1 aromatic carbocycles. The number of nitriles is 1. The van der Waals surface area contributed by atoms with E-state index in [1.165, 1.54) is 0 Å². The summed E-state index contributed by atoms with van der Waals surface area (Å²) in [6, 6.07) is 7.32. The molecule has 0 saturated carbocycles. The molecule has 30 heavy (non-hydrogen) atoms. The number of carbonyl (C=O) groups is 1. The number of ether oxygens (including phenoxy) is 4. The van der Waals surface area contributed by atoms with E-state index >= 15 is 0 Å². The Kier molecular flexibility index (Phi) is 8.51. The van der Waals surface area contributed by atoms with Gasteiger partial charge < -0.3 is 24.3 Å². The average molecular weight is 415 g/mol. The molecular formula is C22H29N3O5. The quantitative estimate of drug-likeness (QED) is 0.484. The van der Waals surface area contributed by atoms with Crippen LogP contribution in [0.1, 0.15) is 18.4 Å². The molecule has 0 bridgehead atoms. The van der Waals surface area contributed by atoms with E-state index in [0.717, 1.165) is 52.3 Å². The molecule has 0 aromatic heterocycles. The van der Waals surface area contributed by atoms with Crippen LogP contribution in [0.2, 0.25) is 0 Å². The first kappa shape index (κ1) is 22.1. The van der Waals surface area contributed by atoms with E-state index in [-0.39, 0.29) is 11.7 Å². The summed E-state index contributed by atoms with van der Waals surface area (Å²) < 4.78 is 22.2. The fourth-order valence-corrected chi connectivity index (χ4v) is 3.43. The Morgan fingerprint density at radius 2 is 2.17 bits per heavy atom. The highest BCUT2D eigenvalue weighted by Crippen LogP contribution is 2.29. The summed E-state index contributed by atoms with van der Waals surface area (Å²) in [5.41, 5.74) is 0.735. The van der Waals surface area contributed by atoms with Crippen LogP contribution in [0.5, 0.6) is 11.5 Å². The molecule has 0 aliphatic carbocycles. The van der Waals surface area contributed by atoms with Crippen LogP contribution in [0.15, 0.2) is 23.8 Å². The lowest BCUT2D eigenvalue weighted by Gasteiger charge is -2.26. The van der Waals surface area contributed by atoms with E-state index < -0.39 is 5.91 Å². The normalized spacial score (nSPS) is 19.9. The lowest BCUT2D eigenvalue weighted by molar-refractivity contribution is -0.117. The third kappa shape index (κ3) is 6.46. The van der Waals surface area contributed by atoms with Gasteiger partial charge in [-0.2, -0.15) is 5.26 Å². The number of amides is 1. The van der Waals surface area contributed by atoms with E-state index in [1.807, 2.05) is 6.07 Å². The summed E-state index contributed by atoms with van der Waals surface area (Å²) in [4.78, 5) is 14.6. The second kappa shape index (κ2) is 11.6. The second-order valence-corrected chi connectivity index (χ2v) is 7.23. The van der Waals surface area contributed by atoms with E-state index in [0.29, 0.717) is 30.2 Å². The number of morpholine rings is 1. The average Bonchev–Trinajstić information content (AvgIpc) is 3.30. The van der Waals surface area contributed by atoms with E-state index in [1.54, 1.807) is 31.4 Å². The zero-order chi connectivity index (χ0) is 21.2. The molecule has 2 fully saturated rings. The van der Waals surface area contributed by atoms with Gasteiger partial charge in [0.25, 0.3) is 5.91 Å². The van der Waals surface area contributed by atoms with Crippen LogP contribution in [0.4, 0.5) is 0 Å². The highest BCUT2D eigenvalue weighted by Gasteiger charge is 2.18. The minimum Gasteiger partial charge on any atom is -0.493 e. The van der Waals surface area contributed by atoms with Crippen LogP contribution in [-0.4, -0.2) is 76.6 Å². The minimum absolute atomic E-state index is 0.0290. The summed E-state index contributed by atoms with van der Waals surface area (Å²) >= 11 is 0. The van der Waals surface area contributed by atoms with E-state index in [2.05, 4.69) is 10.2 Å². The maximum Gasteiger partial charge on any atom is 0.262 e. The molecule has 0 spiro atoms. The van der Waals surface area contributed by atoms with Gasteiger partial charge in [0.2, 0.25) is 0 Å². The molecule has 2 aliphatic heterocycles. The molecule has 2 aliphatic rings. The van der Waals surface area contributed by atoms with Gasteiger partial charge in [-0.1, -0.05) is 6.07 Å². The van der Waals surface area contributed by atoms with Crippen molar-refractivity contribution < 1.29 is 23.7 Å². The van der Waals surface area contributed by atoms with Gasteiger partial charge in [-0.3, -0.25) is 9.69 Å². The predicted octanol–water partition coefficient (Wildman–Crippen LogP) is 1.61. The van der Waals surface area contributed by atoms with Gasteiger partial charge in [-0.25, -0.2) is 0 Å². The van der Waals surface area contributed by atoms with Crippen molar-refractivity contribution in [3.63, 3.8) is 0 Å². The molecule has 8 heteroatoms. The lowest BCUT2D eigenvalue weighted by Crippen LogP contribution is -2.38. The van der Waals surface area contributed by atoms with E-state index in [9.17, 15) is 10.1 Å². The van der Waals surface area contributed by atoms with Gasteiger partial charge in [0, 0.05) is 32.8 Å². The van der Waals surface area contributed by atoms with Crippen LogP contribution in [-0.2, 0) is 14.3 Å². The number of hydrogen-bond donors (Lipinski definition) is 1. The standard InChI is InChI=1S/C22H29N3O5/c1-27-20-5-4-17(14-21(20)30-12-8-25-6-10-28-11-7-25)13-18(15-23)22(26)24-16-19-3-2-9-29-19/h4-5,13-14,19H,2-3,6-12,16H2,1H3,(H,24,26)/b18-13-. The molecule has 1 amide bonds. The minimum atomic E-state index is -0.404. The number of rotatable bonds is 9. The molecule has 1 aromatic rings. The lowest BCUT2D eigenvalue weighted by atomic mass is 10.1. The SMILES string of the molecule is COc1ccc(/C=C(/C#N)C(=O)NCC2CCCO2)cc1OCCN1CCOCC1. The Hall–Kier alpha value is -2.60. The molecule has 1 unspecified atom stereocenters. The zero-order valence-corrected chi connectivity index (χ0v) is 17.4. The first-order valence-electron chi connectivity index (χ1n) is 10.3. The van der Waals surface area contributed by atoms with Crippen molar-refractivity contribution in [2.45, 2.75) is 18.9 Å². The van der Waals surface area contributed by atoms with Crippen LogP contribution in [0.3, 0.4) is 0 Å². The number of methoxy groups -OCH3 is 1. The molecule has 162 valence electrons. The largest absolute Gasteiger partial charge is 0.493 e. The van der Waals surface area contributed by atoms with Crippen molar-refractivity contribution in [2.75, 3.05) is 59.7 Å². The molecule has 1 N–H and O–H groups in total. The maximum atomic E-state index is 12.4. The van der Waals surface area contributed by atoms with Gasteiger partial charge in [0.15, 0.2) is 11.5 Å². The van der Waals surface area contributed by atoms with Gasteiger partial charge in [0.05, 0.1) is 26.4 Å². The third-order valence-electron chi connectivity index (χ3n) is 5.15.